The van der Waals surface area contributed by atoms with Gasteiger partial charge in [0.05, 0.1) is 5.69 Å². The van der Waals surface area contributed by atoms with E-state index in [9.17, 15) is 0 Å². The summed E-state index contributed by atoms with van der Waals surface area (Å²) in [7, 11) is 0. The standard InChI is InChI=1S/C37H27NS/c1-37(2)32-15-7-5-13-28(32)31-22-25(19-21-33(31)37)38(34-16-9-11-24-10-3-4-12-27(24)34)26-18-20-30-29-14-6-8-17-35(29)39-36(30)23-26/h3-23H,1-2H3. The molecule has 0 amide bonds. The SMILES string of the molecule is CC1(C)c2ccccc2-c2cc(N(c3ccc4c(c3)sc3ccccc34)c3cccc4ccccc34)ccc21. The van der Waals surface area contributed by atoms with Crippen molar-refractivity contribution in [3.8, 4) is 11.1 Å². The highest BCUT2D eigenvalue weighted by atomic mass is 32.1. The first-order chi connectivity index (χ1) is 19.1. The van der Waals surface area contributed by atoms with Gasteiger partial charge in [0.25, 0.3) is 0 Å². The highest BCUT2D eigenvalue weighted by molar-refractivity contribution is 7.25. The van der Waals surface area contributed by atoms with E-state index in [4.69, 9.17) is 0 Å². The molecule has 0 atom stereocenters. The van der Waals surface area contributed by atoms with E-state index in [0.717, 1.165) is 0 Å². The Bertz CT molecular complexity index is 2060. The quantitative estimate of drug-likeness (QED) is 0.225. The summed E-state index contributed by atoms with van der Waals surface area (Å²) in [6.07, 6.45) is 0. The smallest absolute Gasteiger partial charge is 0.0540 e. The highest BCUT2D eigenvalue weighted by Crippen LogP contribution is 2.51. The number of hydrogen-bond donors (Lipinski definition) is 0. The lowest BCUT2D eigenvalue weighted by Crippen LogP contribution is -2.15. The van der Waals surface area contributed by atoms with E-state index in [-0.39, 0.29) is 5.41 Å². The molecular formula is C37H27NS. The number of hydrogen-bond acceptors (Lipinski definition) is 2. The van der Waals surface area contributed by atoms with Crippen LogP contribution in [-0.2, 0) is 5.41 Å². The molecule has 1 aliphatic rings. The molecule has 186 valence electrons. The lowest BCUT2D eigenvalue weighted by atomic mass is 9.82. The lowest BCUT2D eigenvalue weighted by Gasteiger charge is -2.28. The third-order valence-electron chi connectivity index (χ3n) is 8.45. The van der Waals surface area contributed by atoms with Gasteiger partial charge in [-0.2, -0.15) is 0 Å². The summed E-state index contributed by atoms with van der Waals surface area (Å²) in [5.41, 5.74) is 9.02. The minimum Gasteiger partial charge on any atom is -0.310 e. The molecule has 2 heteroatoms. The molecule has 1 nitrogen and oxygen atoms in total. The first kappa shape index (κ1) is 22.6. The van der Waals surface area contributed by atoms with Crippen LogP contribution in [0.25, 0.3) is 42.1 Å². The largest absolute Gasteiger partial charge is 0.310 e. The van der Waals surface area contributed by atoms with Crippen molar-refractivity contribution in [2.24, 2.45) is 0 Å². The zero-order chi connectivity index (χ0) is 26.1. The van der Waals surface area contributed by atoms with Crippen LogP contribution in [0, 0.1) is 0 Å². The van der Waals surface area contributed by atoms with E-state index >= 15 is 0 Å². The van der Waals surface area contributed by atoms with Crippen LogP contribution in [-0.4, -0.2) is 0 Å². The normalized spacial score (nSPS) is 13.6. The summed E-state index contributed by atoms with van der Waals surface area (Å²) in [5.74, 6) is 0. The molecule has 1 aromatic heterocycles. The minimum absolute atomic E-state index is 0.00921. The molecule has 0 aliphatic heterocycles. The number of anilines is 3. The average molecular weight is 518 g/mol. The Labute approximate surface area is 232 Å². The van der Waals surface area contributed by atoms with Gasteiger partial charge < -0.3 is 4.90 Å². The molecule has 0 saturated carbocycles. The van der Waals surface area contributed by atoms with E-state index < -0.39 is 0 Å². The van der Waals surface area contributed by atoms with Crippen LogP contribution in [0.1, 0.15) is 25.0 Å². The van der Waals surface area contributed by atoms with Crippen molar-refractivity contribution in [1.82, 2.24) is 0 Å². The van der Waals surface area contributed by atoms with Gasteiger partial charge in [-0.15, -0.1) is 11.3 Å². The maximum Gasteiger partial charge on any atom is 0.0540 e. The summed E-state index contributed by atoms with van der Waals surface area (Å²) >= 11 is 1.87. The molecule has 1 aliphatic carbocycles. The Hall–Kier alpha value is -4.40. The summed E-state index contributed by atoms with van der Waals surface area (Å²) < 4.78 is 2.64. The number of nitrogens with zero attached hydrogens (tertiary/aromatic N) is 1. The molecule has 7 aromatic rings. The second-order valence-corrected chi connectivity index (χ2v) is 12.1. The third-order valence-corrected chi connectivity index (χ3v) is 9.59. The van der Waals surface area contributed by atoms with Gasteiger partial charge in [0.15, 0.2) is 0 Å². The highest BCUT2D eigenvalue weighted by Gasteiger charge is 2.35. The summed E-state index contributed by atoms with van der Waals surface area (Å²) in [5, 5.41) is 5.15. The molecule has 1 heterocycles. The predicted molar refractivity (Wildman–Crippen MR) is 169 cm³/mol. The number of rotatable bonds is 3. The predicted octanol–water partition coefficient (Wildman–Crippen LogP) is 11.0. The Morgan fingerprint density at radius 1 is 0.513 bits per heavy atom. The fraction of sp³-hybridized carbons (Fsp3) is 0.0811. The second-order valence-electron chi connectivity index (χ2n) is 11.0. The minimum atomic E-state index is -0.00921. The number of thiophene rings is 1. The molecule has 0 bridgehead atoms. The van der Waals surface area contributed by atoms with Crippen molar-refractivity contribution in [3.05, 3.63) is 139 Å². The van der Waals surface area contributed by atoms with Crippen molar-refractivity contribution < 1.29 is 0 Å². The Morgan fingerprint density at radius 2 is 1.18 bits per heavy atom. The fourth-order valence-corrected chi connectivity index (χ4v) is 7.67. The average Bonchev–Trinajstić information content (AvgIpc) is 3.45. The lowest BCUT2D eigenvalue weighted by molar-refractivity contribution is 0.660. The molecule has 0 radical (unpaired) electrons. The topological polar surface area (TPSA) is 3.24 Å². The van der Waals surface area contributed by atoms with Crippen LogP contribution >= 0.6 is 11.3 Å². The van der Waals surface area contributed by atoms with Crippen LogP contribution in [0.2, 0.25) is 0 Å². The third kappa shape index (κ3) is 3.32. The maximum absolute atomic E-state index is 2.44. The van der Waals surface area contributed by atoms with E-state index in [1.807, 2.05) is 11.3 Å². The molecule has 0 N–H and O–H groups in total. The zero-order valence-electron chi connectivity index (χ0n) is 22.0. The number of benzene rings is 6. The van der Waals surface area contributed by atoms with E-state index in [2.05, 4.69) is 146 Å². The van der Waals surface area contributed by atoms with Crippen LogP contribution in [0.4, 0.5) is 17.1 Å². The summed E-state index contributed by atoms with van der Waals surface area (Å²) in [6, 6.07) is 46.9. The fourth-order valence-electron chi connectivity index (χ4n) is 6.53. The van der Waals surface area contributed by atoms with E-state index in [0.29, 0.717) is 0 Å². The molecule has 6 aromatic carbocycles. The molecule has 39 heavy (non-hydrogen) atoms. The first-order valence-electron chi connectivity index (χ1n) is 13.5. The van der Waals surface area contributed by atoms with Gasteiger partial charge in [0.2, 0.25) is 0 Å². The Kier molecular flexibility index (Phi) is 4.80. The van der Waals surface area contributed by atoms with Gasteiger partial charge in [0.1, 0.15) is 0 Å². The van der Waals surface area contributed by atoms with Gasteiger partial charge in [0, 0.05) is 42.3 Å². The van der Waals surface area contributed by atoms with Gasteiger partial charge in [-0.25, -0.2) is 0 Å². The van der Waals surface area contributed by atoms with Crippen molar-refractivity contribution in [3.63, 3.8) is 0 Å². The Morgan fingerprint density at radius 3 is 2.10 bits per heavy atom. The monoisotopic (exact) mass is 517 g/mol. The zero-order valence-corrected chi connectivity index (χ0v) is 22.8. The van der Waals surface area contributed by atoms with Crippen LogP contribution < -0.4 is 4.90 Å². The number of fused-ring (bicyclic) bond motifs is 7. The molecular weight excluding hydrogens is 490 g/mol. The molecule has 0 unspecified atom stereocenters. The van der Waals surface area contributed by atoms with Gasteiger partial charge in [-0.1, -0.05) is 105 Å². The van der Waals surface area contributed by atoms with E-state index in [1.165, 1.54) is 70.3 Å². The molecule has 0 saturated heterocycles. The first-order valence-corrected chi connectivity index (χ1v) is 14.3. The second kappa shape index (κ2) is 8.30. The van der Waals surface area contributed by atoms with Gasteiger partial charge in [-0.3, -0.25) is 0 Å². The van der Waals surface area contributed by atoms with Gasteiger partial charge >= 0.3 is 0 Å². The van der Waals surface area contributed by atoms with Crippen LogP contribution in [0.3, 0.4) is 0 Å². The van der Waals surface area contributed by atoms with Crippen LogP contribution in [0.15, 0.2) is 127 Å². The summed E-state index contributed by atoms with van der Waals surface area (Å²) in [4.78, 5) is 2.44. The summed E-state index contributed by atoms with van der Waals surface area (Å²) in [6.45, 7) is 4.68. The van der Waals surface area contributed by atoms with Crippen molar-refractivity contribution in [2.75, 3.05) is 4.90 Å². The maximum atomic E-state index is 2.44. The van der Waals surface area contributed by atoms with Crippen molar-refractivity contribution in [1.29, 1.82) is 0 Å². The molecule has 0 fully saturated rings. The van der Waals surface area contributed by atoms with Gasteiger partial charge in [-0.05, 0) is 64.0 Å². The van der Waals surface area contributed by atoms with Crippen LogP contribution in [0.5, 0.6) is 0 Å². The Balaban J connectivity index is 1.39. The van der Waals surface area contributed by atoms with Crippen molar-refractivity contribution in [2.45, 2.75) is 19.3 Å². The van der Waals surface area contributed by atoms with E-state index in [1.54, 1.807) is 0 Å². The molecule has 8 rings (SSSR count). The molecule has 0 spiro atoms. The van der Waals surface area contributed by atoms with Crippen molar-refractivity contribution >= 4 is 59.3 Å².